The minimum Gasteiger partial charge on any atom is -0.446 e. The second-order valence-corrected chi connectivity index (χ2v) is 8.57. The lowest BCUT2D eigenvalue weighted by atomic mass is 10.0. The Hall–Kier alpha value is -1.57. The Balaban J connectivity index is 2.00. The summed E-state index contributed by atoms with van der Waals surface area (Å²) in [7, 11) is 0. The Morgan fingerprint density at radius 1 is 1.24 bits per heavy atom. The fourth-order valence-electron chi connectivity index (χ4n) is 2.74. The fourth-order valence-corrected chi connectivity index (χ4v) is 3.36. The number of nitrogens with one attached hydrogen (secondary N) is 1. The Morgan fingerprint density at radius 3 is 2.52 bits per heavy atom. The highest BCUT2D eigenvalue weighted by Crippen LogP contribution is 2.23. The van der Waals surface area contributed by atoms with E-state index in [-0.39, 0.29) is 28.9 Å². The van der Waals surface area contributed by atoms with Crippen molar-refractivity contribution < 1.29 is 18.7 Å². The normalized spacial score (nSPS) is 16.4. The Labute approximate surface area is 152 Å². The van der Waals surface area contributed by atoms with Crippen LogP contribution in [0, 0.1) is 5.92 Å². The predicted molar refractivity (Wildman–Crippen MR) is 94.7 cm³/mol. The van der Waals surface area contributed by atoms with Crippen LogP contribution in [0.25, 0.3) is 0 Å². The van der Waals surface area contributed by atoms with Gasteiger partial charge in [-0.2, -0.15) is 0 Å². The van der Waals surface area contributed by atoms with Gasteiger partial charge in [-0.05, 0) is 38.0 Å². The number of hydrogen-bond acceptors (Lipinski definition) is 7. The molecular formula is C17H27N3O4S. The smallest absolute Gasteiger partial charge is 0.408 e. The number of amides is 1. The van der Waals surface area contributed by atoms with Crippen LogP contribution in [0.5, 0.6) is 0 Å². The van der Waals surface area contributed by atoms with Gasteiger partial charge in [-0.25, -0.2) is 4.79 Å². The number of aromatic nitrogens is 2. The Kier molecular flexibility index (Phi) is 7.28. The van der Waals surface area contributed by atoms with Crippen LogP contribution in [0.15, 0.2) is 9.64 Å². The van der Waals surface area contributed by atoms with Gasteiger partial charge in [0.2, 0.25) is 5.78 Å². The quantitative estimate of drug-likeness (QED) is 0.549. The van der Waals surface area contributed by atoms with Crippen molar-refractivity contribution in [2.24, 2.45) is 5.92 Å². The maximum Gasteiger partial charge on any atom is 0.408 e. The zero-order valence-electron chi connectivity index (χ0n) is 15.3. The Morgan fingerprint density at radius 2 is 1.92 bits per heavy atom. The molecule has 140 valence electrons. The molecule has 0 spiro atoms. The van der Waals surface area contributed by atoms with E-state index in [2.05, 4.69) is 15.5 Å². The van der Waals surface area contributed by atoms with E-state index in [0.29, 0.717) is 11.6 Å². The van der Waals surface area contributed by atoms with Crippen molar-refractivity contribution >= 4 is 23.6 Å². The third-order valence-corrected chi connectivity index (χ3v) is 4.68. The zero-order chi connectivity index (χ0) is 18.4. The van der Waals surface area contributed by atoms with Crippen molar-refractivity contribution in [1.82, 2.24) is 15.5 Å². The van der Waals surface area contributed by atoms with Crippen LogP contribution in [-0.4, -0.2) is 39.5 Å². The van der Waals surface area contributed by atoms with Gasteiger partial charge in [0.05, 0.1) is 0 Å². The summed E-state index contributed by atoms with van der Waals surface area (Å²) in [4.78, 5) is 24.8. The molecule has 1 unspecified atom stereocenters. The van der Waals surface area contributed by atoms with Gasteiger partial charge in [0, 0.05) is 5.25 Å². The number of nitrogens with zero attached hydrogens (tertiary/aromatic N) is 2. The average Bonchev–Trinajstić information content (AvgIpc) is 3.16. The average molecular weight is 369 g/mol. The van der Waals surface area contributed by atoms with E-state index in [1.165, 1.54) is 11.8 Å². The van der Waals surface area contributed by atoms with Gasteiger partial charge in [0.25, 0.3) is 11.1 Å². The maximum atomic E-state index is 12.7. The highest BCUT2D eigenvalue weighted by Gasteiger charge is 2.29. The molecule has 8 heteroatoms. The molecule has 1 atom stereocenters. The molecule has 25 heavy (non-hydrogen) atoms. The number of carbonyl (C=O) groups excluding carboxylic acids is 2. The van der Waals surface area contributed by atoms with E-state index in [1.807, 2.05) is 27.7 Å². The van der Waals surface area contributed by atoms with E-state index in [4.69, 9.17) is 9.15 Å². The molecule has 1 amide bonds. The third kappa shape index (κ3) is 6.34. The van der Waals surface area contributed by atoms with Crippen molar-refractivity contribution in [3.05, 3.63) is 5.89 Å². The lowest BCUT2D eigenvalue weighted by Gasteiger charge is -2.19. The van der Waals surface area contributed by atoms with E-state index in [9.17, 15) is 9.59 Å². The summed E-state index contributed by atoms with van der Waals surface area (Å²) in [6.45, 7) is 7.97. The first-order chi connectivity index (χ1) is 11.8. The molecule has 1 aromatic heterocycles. The topological polar surface area (TPSA) is 94.3 Å². The number of alkyl carbamates (subject to hydrolysis) is 1. The lowest BCUT2D eigenvalue weighted by Crippen LogP contribution is -2.43. The van der Waals surface area contributed by atoms with Crippen molar-refractivity contribution in [1.29, 1.82) is 0 Å². The second kappa shape index (κ2) is 9.22. The minimum atomic E-state index is -0.730. The van der Waals surface area contributed by atoms with Crippen LogP contribution in [0.3, 0.4) is 0 Å². The molecule has 1 fully saturated rings. The number of thioether (sulfide) groups is 1. The summed E-state index contributed by atoms with van der Waals surface area (Å²) in [5, 5.41) is 11.0. The summed E-state index contributed by atoms with van der Waals surface area (Å²) in [5.74, 6) is -0.233. The molecule has 1 aliphatic carbocycles. The molecule has 1 heterocycles. The van der Waals surface area contributed by atoms with E-state index in [1.54, 1.807) is 0 Å². The largest absolute Gasteiger partial charge is 0.446 e. The summed E-state index contributed by atoms with van der Waals surface area (Å²) >= 11 is 1.39. The standard InChI is InChI=1S/C17H27N3O4S/c1-10(2)9-13(18-16(22)23-12-7-5-6-8-12)14(21)15-19-20-17(24-15)25-11(3)4/h10-13H,5-9H2,1-4H3,(H,18,22). The van der Waals surface area contributed by atoms with Gasteiger partial charge in [-0.3, -0.25) is 4.79 Å². The SMILES string of the molecule is CC(C)CC(NC(=O)OC1CCCC1)C(=O)c1nnc(SC(C)C)o1. The van der Waals surface area contributed by atoms with Crippen molar-refractivity contribution in [2.45, 2.75) is 82.4 Å². The molecule has 1 aliphatic rings. The number of rotatable bonds is 8. The van der Waals surface area contributed by atoms with E-state index in [0.717, 1.165) is 25.7 Å². The predicted octanol–water partition coefficient (Wildman–Crippen LogP) is 3.84. The van der Waals surface area contributed by atoms with Gasteiger partial charge in [-0.15, -0.1) is 10.2 Å². The summed E-state index contributed by atoms with van der Waals surface area (Å²) in [6, 6.07) is -0.730. The van der Waals surface area contributed by atoms with Crippen molar-refractivity contribution in [3.63, 3.8) is 0 Å². The first-order valence-corrected chi connectivity index (χ1v) is 9.74. The minimum absolute atomic E-state index is 0.0488. The van der Waals surface area contributed by atoms with Crippen LogP contribution < -0.4 is 5.32 Å². The van der Waals surface area contributed by atoms with Crippen LogP contribution in [-0.2, 0) is 4.74 Å². The number of carbonyl (C=O) groups is 2. The van der Waals surface area contributed by atoms with Gasteiger partial charge in [-0.1, -0.05) is 39.5 Å². The van der Waals surface area contributed by atoms with Crippen LogP contribution in [0.1, 0.15) is 70.5 Å². The summed E-state index contributed by atoms with van der Waals surface area (Å²) in [6.07, 6.45) is 3.79. The van der Waals surface area contributed by atoms with Crippen LogP contribution >= 0.6 is 11.8 Å². The van der Waals surface area contributed by atoms with Gasteiger partial charge in [0.1, 0.15) is 12.1 Å². The fraction of sp³-hybridized carbons (Fsp3) is 0.765. The highest BCUT2D eigenvalue weighted by atomic mass is 32.2. The number of ketones is 1. The van der Waals surface area contributed by atoms with Crippen LogP contribution in [0.4, 0.5) is 4.79 Å². The molecule has 1 saturated carbocycles. The monoisotopic (exact) mass is 369 g/mol. The second-order valence-electron chi connectivity index (χ2n) is 7.04. The third-order valence-electron chi connectivity index (χ3n) is 3.85. The molecule has 7 nitrogen and oxygen atoms in total. The maximum absolute atomic E-state index is 12.7. The number of hydrogen-bond donors (Lipinski definition) is 1. The lowest BCUT2D eigenvalue weighted by molar-refractivity contribution is 0.0807. The van der Waals surface area contributed by atoms with Gasteiger partial charge < -0.3 is 14.5 Å². The van der Waals surface area contributed by atoms with Crippen LogP contribution in [0.2, 0.25) is 0 Å². The summed E-state index contributed by atoms with van der Waals surface area (Å²) < 4.78 is 10.8. The summed E-state index contributed by atoms with van der Waals surface area (Å²) in [5.41, 5.74) is 0. The Bertz CT molecular complexity index is 582. The first kappa shape index (κ1) is 19.8. The molecule has 0 aliphatic heterocycles. The number of Topliss-reactive ketones (excluding diaryl/α,β-unsaturated/α-hetero) is 1. The van der Waals surface area contributed by atoms with Crippen molar-refractivity contribution in [2.75, 3.05) is 0 Å². The first-order valence-electron chi connectivity index (χ1n) is 8.86. The van der Waals surface area contributed by atoms with Gasteiger partial charge in [0.15, 0.2) is 0 Å². The molecular weight excluding hydrogens is 342 g/mol. The van der Waals surface area contributed by atoms with Crippen molar-refractivity contribution in [3.8, 4) is 0 Å². The number of ether oxygens (including phenoxy) is 1. The molecule has 1 aromatic rings. The molecule has 0 aromatic carbocycles. The highest BCUT2D eigenvalue weighted by molar-refractivity contribution is 7.99. The molecule has 0 saturated heterocycles. The van der Waals surface area contributed by atoms with Gasteiger partial charge >= 0.3 is 6.09 Å². The van der Waals surface area contributed by atoms with E-state index >= 15 is 0 Å². The molecule has 0 radical (unpaired) electrons. The molecule has 1 N–H and O–H groups in total. The van der Waals surface area contributed by atoms with E-state index < -0.39 is 12.1 Å². The zero-order valence-corrected chi connectivity index (χ0v) is 16.1. The molecule has 2 rings (SSSR count). The molecule has 0 bridgehead atoms.